The summed E-state index contributed by atoms with van der Waals surface area (Å²) in [5.41, 5.74) is 1.13. The number of hydrogen-bond donors (Lipinski definition) is 2. The van der Waals surface area contributed by atoms with Crippen LogP contribution in [0, 0.1) is 0 Å². The van der Waals surface area contributed by atoms with Crippen molar-refractivity contribution in [2.75, 3.05) is 44.6 Å². The van der Waals surface area contributed by atoms with Crippen LogP contribution >= 0.6 is 11.3 Å². The van der Waals surface area contributed by atoms with Crippen molar-refractivity contribution in [1.29, 1.82) is 0 Å². The Labute approximate surface area is 135 Å². The van der Waals surface area contributed by atoms with Gasteiger partial charge in [-0.05, 0) is 19.4 Å². The zero-order valence-corrected chi connectivity index (χ0v) is 14.0. The highest BCUT2D eigenvalue weighted by molar-refractivity contribution is 7.13. The SMILES string of the molecule is CC(=O)N1CCN(Cc2csc(NCC3CCCN3)n2)CC1. The van der Waals surface area contributed by atoms with Gasteiger partial charge in [-0.15, -0.1) is 11.3 Å². The normalized spacial score (nSPS) is 23.0. The molecule has 3 rings (SSSR count). The van der Waals surface area contributed by atoms with Crippen LogP contribution in [0.2, 0.25) is 0 Å². The first-order valence-corrected chi connectivity index (χ1v) is 8.98. The van der Waals surface area contributed by atoms with Gasteiger partial charge in [0.15, 0.2) is 5.13 Å². The lowest BCUT2D eigenvalue weighted by molar-refractivity contribution is -0.130. The lowest BCUT2D eigenvalue weighted by Crippen LogP contribution is -2.47. The predicted molar refractivity (Wildman–Crippen MR) is 89.2 cm³/mol. The summed E-state index contributed by atoms with van der Waals surface area (Å²) in [6.45, 7) is 8.17. The molecule has 1 aromatic rings. The Balaban J connectivity index is 1.42. The first kappa shape index (κ1) is 15.7. The van der Waals surface area contributed by atoms with E-state index in [1.165, 1.54) is 12.8 Å². The van der Waals surface area contributed by atoms with Crippen LogP contribution in [0.5, 0.6) is 0 Å². The van der Waals surface area contributed by atoms with Gasteiger partial charge in [-0.2, -0.15) is 0 Å². The number of carbonyl (C=O) groups excluding carboxylic acids is 1. The molecule has 3 heterocycles. The summed E-state index contributed by atoms with van der Waals surface area (Å²) in [5, 5.41) is 10.1. The molecule has 0 spiro atoms. The highest BCUT2D eigenvalue weighted by Crippen LogP contribution is 2.18. The Hall–Kier alpha value is -1.18. The van der Waals surface area contributed by atoms with Crippen molar-refractivity contribution in [3.05, 3.63) is 11.1 Å². The molecule has 22 heavy (non-hydrogen) atoms. The van der Waals surface area contributed by atoms with E-state index in [4.69, 9.17) is 0 Å². The molecule has 1 atom stereocenters. The summed E-state index contributed by atoms with van der Waals surface area (Å²) in [5.74, 6) is 0.181. The second kappa shape index (κ2) is 7.39. The minimum atomic E-state index is 0.181. The number of thiazole rings is 1. The van der Waals surface area contributed by atoms with Gasteiger partial charge >= 0.3 is 0 Å². The van der Waals surface area contributed by atoms with Gasteiger partial charge in [0.05, 0.1) is 5.69 Å². The number of aromatic nitrogens is 1. The van der Waals surface area contributed by atoms with E-state index in [1.54, 1.807) is 18.3 Å². The Kier molecular flexibility index (Phi) is 5.28. The fourth-order valence-electron chi connectivity index (χ4n) is 3.05. The van der Waals surface area contributed by atoms with E-state index >= 15 is 0 Å². The fraction of sp³-hybridized carbons (Fsp3) is 0.733. The topological polar surface area (TPSA) is 60.5 Å². The van der Waals surface area contributed by atoms with Crippen molar-refractivity contribution in [3.63, 3.8) is 0 Å². The number of hydrogen-bond acceptors (Lipinski definition) is 6. The van der Waals surface area contributed by atoms with Crippen molar-refractivity contribution in [1.82, 2.24) is 20.1 Å². The second-order valence-electron chi connectivity index (χ2n) is 6.10. The van der Waals surface area contributed by atoms with Crippen molar-refractivity contribution in [2.45, 2.75) is 32.4 Å². The third-order valence-electron chi connectivity index (χ3n) is 4.42. The Morgan fingerprint density at radius 1 is 1.45 bits per heavy atom. The molecule has 1 aromatic heterocycles. The number of nitrogens with one attached hydrogen (secondary N) is 2. The maximum atomic E-state index is 11.3. The van der Waals surface area contributed by atoms with E-state index in [1.807, 2.05) is 4.90 Å². The third-order valence-corrected chi connectivity index (χ3v) is 5.27. The van der Waals surface area contributed by atoms with Gasteiger partial charge in [0.2, 0.25) is 5.91 Å². The molecule has 2 aliphatic heterocycles. The highest BCUT2D eigenvalue weighted by atomic mass is 32.1. The quantitative estimate of drug-likeness (QED) is 0.846. The van der Waals surface area contributed by atoms with Crippen molar-refractivity contribution < 1.29 is 4.79 Å². The van der Waals surface area contributed by atoms with Crippen LogP contribution in [-0.4, -0.2) is 66.0 Å². The van der Waals surface area contributed by atoms with E-state index < -0.39 is 0 Å². The minimum Gasteiger partial charge on any atom is -0.360 e. The van der Waals surface area contributed by atoms with Gasteiger partial charge in [-0.3, -0.25) is 9.69 Å². The molecule has 7 heteroatoms. The van der Waals surface area contributed by atoms with Crippen LogP contribution < -0.4 is 10.6 Å². The zero-order chi connectivity index (χ0) is 15.4. The molecule has 2 fully saturated rings. The smallest absolute Gasteiger partial charge is 0.219 e. The largest absolute Gasteiger partial charge is 0.360 e. The lowest BCUT2D eigenvalue weighted by Gasteiger charge is -2.33. The van der Waals surface area contributed by atoms with Crippen molar-refractivity contribution in [3.8, 4) is 0 Å². The van der Waals surface area contributed by atoms with Gasteiger partial charge in [-0.25, -0.2) is 4.98 Å². The maximum Gasteiger partial charge on any atom is 0.219 e. The lowest BCUT2D eigenvalue weighted by atomic mass is 10.2. The van der Waals surface area contributed by atoms with E-state index in [2.05, 4.69) is 25.9 Å². The second-order valence-corrected chi connectivity index (χ2v) is 6.96. The summed E-state index contributed by atoms with van der Waals surface area (Å²) in [6, 6.07) is 0.590. The summed E-state index contributed by atoms with van der Waals surface area (Å²) >= 11 is 1.69. The first-order valence-electron chi connectivity index (χ1n) is 8.10. The third kappa shape index (κ3) is 4.18. The number of carbonyl (C=O) groups is 1. The molecule has 0 saturated carbocycles. The standard InChI is InChI=1S/C15H25N5OS/c1-12(21)20-7-5-19(6-8-20)10-14-11-22-15(18-14)17-9-13-3-2-4-16-13/h11,13,16H,2-10H2,1H3,(H,17,18). The van der Waals surface area contributed by atoms with Crippen LogP contribution in [0.15, 0.2) is 5.38 Å². The van der Waals surface area contributed by atoms with Crippen LogP contribution in [0.4, 0.5) is 5.13 Å². The molecule has 0 aliphatic carbocycles. The monoisotopic (exact) mass is 323 g/mol. The molecule has 0 bridgehead atoms. The van der Waals surface area contributed by atoms with Gasteiger partial charge in [0, 0.05) is 57.6 Å². The van der Waals surface area contributed by atoms with Crippen molar-refractivity contribution >= 4 is 22.4 Å². The van der Waals surface area contributed by atoms with E-state index in [-0.39, 0.29) is 5.91 Å². The molecule has 2 aliphatic rings. The molecule has 2 N–H and O–H groups in total. The number of piperazine rings is 1. The van der Waals surface area contributed by atoms with E-state index in [9.17, 15) is 4.79 Å². The number of anilines is 1. The Bertz CT molecular complexity index is 492. The summed E-state index contributed by atoms with van der Waals surface area (Å²) in [6.07, 6.45) is 2.54. The van der Waals surface area contributed by atoms with E-state index in [0.717, 1.165) is 56.6 Å². The van der Waals surface area contributed by atoms with Gasteiger partial charge in [0.25, 0.3) is 0 Å². The van der Waals surface area contributed by atoms with Gasteiger partial charge in [-0.1, -0.05) is 0 Å². The minimum absolute atomic E-state index is 0.181. The van der Waals surface area contributed by atoms with Crippen molar-refractivity contribution in [2.24, 2.45) is 0 Å². The predicted octanol–water partition coefficient (Wildman–Crippen LogP) is 0.971. The number of rotatable bonds is 5. The molecule has 1 unspecified atom stereocenters. The van der Waals surface area contributed by atoms with Crippen LogP contribution in [0.1, 0.15) is 25.5 Å². The molecule has 2 saturated heterocycles. The Morgan fingerprint density at radius 3 is 2.95 bits per heavy atom. The molecule has 122 valence electrons. The highest BCUT2D eigenvalue weighted by Gasteiger charge is 2.19. The molecular formula is C15H25N5OS. The number of nitrogens with zero attached hydrogens (tertiary/aromatic N) is 3. The summed E-state index contributed by atoms with van der Waals surface area (Å²) < 4.78 is 0. The molecular weight excluding hydrogens is 298 g/mol. The summed E-state index contributed by atoms with van der Waals surface area (Å²) in [4.78, 5) is 20.3. The van der Waals surface area contributed by atoms with Gasteiger partial charge in [0.1, 0.15) is 0 Å². The van der Waals surface area contributed by atoms with Crippen LogP contribution in [-0.2, 0) is 11.3 Å². The average molecular weight is 323 g/mol. The summed E-state index contributed by atoms with van der Waals surface area (Å²) in [7, 11) is 0. The molecule has 0 radical (unpaired) electrons. The molecule has 6 nitrogen and oxygen atoms in total. The fourth-order valence-corrected chi connectivity index (χ4v) is 3.76. The molecule has 1 amide bonds. The zero-order valence-electron chi connectivity index (χ0n) is 13.2. The first-order chi connectivity index (χ1) is 10.7. The van der Waals surface area contributed by atoms with E-state index in [0.29, 0.717) is 6.04 Å². The van der Waals surface area contributed by atoms with Gasteiger partial charge < -0.3 is 15.5 Å². The molecule has 0 aromatic carbocycles. The average Bonchev–Trinajstić information content (AvgIpc) is 3.17. The van der Waals surface area contributed by atoms with Crippen LogP contribution in [0.3, 0.4) is 0 Å². The van der Waals surface area contributed by atoms with Crippen LogP contribution in [0.25, 0.3) is 0 Å². The maximum absolute atomic E-state index is 11.3. The number of amides is 1. The Morgan fingerprint density at radius 2 is 2.27 bits per heavy atom.